The summed E-state index contributed by atoms with van der Waals surface area (Å²) in [5.74, 6) is -0.520. The number of hydrogen-bond acceptors (Lipinski definition) is 7. The van der Waals surface area contributed by atoms with Crippen molar-refractivity contribution >= 4 is 18.3 Å². The average Bonchev–Trinajstić information content (AvgIpc) is 2.72. The van der Waals surface area contributed by atoms with Gasteiger partial charge < -0.3 is 31.9 Å². The molecule has 8 N–H and O–H groups in total. The van der Waals surface area contributed by atoms with Gasteiger partial charge in [-0.15, -0.1) is 0 Å². The third-order valence-electron chi connectivity index (χ3n) is 3.84. The molecule has 10 nitrogen and oxygen atoms in total. The Kier molecular flexibility index (Phi) is 26.0. The number of aliphatic hydroxyl groups is 1. The molecule has 0 rings (SSSR count). The first-order valence-electron chi connectivity index (χ1n) is 10.9. The topological polar surface area (TPSA) is 166 Å². The van der Waals surface area contributed by atoms with E-state index < -0.39 is 18.3 Å². The summed E-state index contributed by atoms with van der Waals surface area (Å²) < 4.78 is 0. The molecular formula is C21H45N5O5. The third kappa shape index (κ3) is 22.3. The van der Waals surface area contributed by atoms with E-state index in [4.69, 9.17) is 15.6 Å². The standard InChI is InChI=1S/C18H37N5O3.C2H6.CH2O2/c1-5-20-17(25)14(4)22-18(26)15(9-6-7-11-19)23-16(24)10-8-12-21-13(2)3;1-2;2-1-3/h14-16,21,23-24H,2,5-12,19H2,1,3-4H3,(H,20,25)(H,22,26);1-2H3;1H,(H,2,3). The Morgan fingerprint density at radius 2 is 1.68 bits per heavy atom. The van der Waals surface area contributed by atoms with Crippen LogP contribution < -0.4 is 27.0 Å². The molecule has 0 aromatic rings. The zero-order chi connectivity index (χ0) is 24.7. The Morgan fingerprint density at radius 3 is 2.16 bits per heavy atom. The van der Waals surface area contributed by atoms with Crippen LogP contribution in [0.15, 0.2) is 12.3 Å². The van der Waals surface area contributed by atoms with Crippen LogP contribution in [-0.4, -0.2) is 66.4 Å². The van der Waals surface area contributed by atoms with Gasteiger partial charge >= 0.3 is 0 Å². The lowest BCUT2D eigenvalue weighted by Crippen LogP contribution is -2.53. The minimum Gasteiger partial charge on any atom is -0.483 e. The number of carboxylic acid groups (broad SMARTS) is 1. The third-order valence-corrected chi connectivity index (χ3v) is 3.84. The Bertz CT molecular complexity index is 477. The van der Waals surface area contributed by atoms with Crippen molar-refractivity contribution in [1.29, 1.82) is 0 Å². The molecule has 0 aliphatic heterocycles. The molecule has 3 unspecified atom stereocenters. The molecular weight excluding hydrogens is 402 g/mol. The first-order valence-corrected chi connectivity index (χ1v) is 10.9. The van der Waals surface area contributed by atoms with E-state index in [-0.39, 0.29) is 18.3 Å². The molecule has 0 radical (unpaired) electrons. The van der Waals surface area contributed by atoms with E-state index in [0.29, 0.717) is 32.5 Å². The number of amides is 2. The number of nitrogens with two attached hydrogens (primary N) is 1. The molecule has 184 valence electrons. The molecule has 0 aromatic carbocycles. The van der Waals surface area contributed by atoms with Gasteiger partial charge in [0.1, 0.15) is 12.3 Å². The van der Waals surface area contributed by atoms with Gasteiger partial charge in [0.25, 0.3) is 6.47 Å². The molecule has 0 spiro atoms. The molecule has 0 fully saturated rings. The highest BCUT2D eigenvalue weighted by Crippen LogP contribution is 2.05. The summed E-state index contributed by atoms with van der Waals surface area (Å²) in [6, 6.07) is -1.19. The predicted octanol–water partition coefficient (Wildman–Crippen LogP) is 0.663. The Morgan fingerprint density at radius 1 is 1.10 bits per heavy atom. The summed E-state index contributed by atoms with van der Waals surface area (Å²) in [4.78, 5) is 32.6. The van der Waals surface area contributed by atoms with Gasteiger partial charge in [0.05, 0.1) is 6.04 Å². The van der Waals surface area contributed by atoms with Crippen molar-refractivity contribution in [3.8, 4) is 0 Å². The molecule has 10 heteroatoms. The highest BCUT2D eigenvalue weighted by Gasteiger charge is 2.24. The first-order chi connectivity index (χ1) is 14.7. The number of unbranched alkanes of at least 4 members (excludes halogenated alkanes) is 1. The second kappa shape index (κ2) is 24.1. The highest BCUT2D eigenvalue weighted by molar-refractivity contribution is 5.89. The van der Waals surface area contributed by atoms with E-state index in [9.17, 15) is 14.7 Å². The lowest BCUT2D eigenvalue weighted by molar-refractivity contribution is -0.130. The molecule has 0 saturated carbocycles. The minimum atomic E-state index is -0.796. The van der Waals surface area contributed by atoms with Crippen LogP contribution in [0.5, 0.6) is 0 Å². The van der Waals surface area contributed by atoms with Crippen molar-refractivity contribution in [3.05, 3.63) is 12.3 Å². The summed E-state index contributed by atoms with van der Waals surface area (Å²) >= 11 is 0. The number of carbonyl (C=O) groups excluding carboxylic acids is 2. The fourth-order valence-corrected chi connectivity index (χ4v) is 2.40. The van der Waals surface area contributed by atoms with E-state index in [2.05, 4.69) is 27.8 Å². The summed E-state index contributed by atoms with van der Waals surface area (Å²) in [6.45, 7) is 14.6. The number of aliphatic hydroxyl groups excluding tert-OH is 1. The van der Waals surface area contributed by atoms with E-state index in [1.54, 1.807) is 6.92 Å². The van der Waals surface area contributed by atoms with Crippen molar-refractivity contribution in [2.24, 2.45) is 5.73 Å². The van der Waals surface area contributed by atoms with Crippen LogP contribution in [0.3, 0.4) is 0 Å². The molecule has 0 aliphatic rings. The maximum Gasteiger partial charge on any atom is 0.290 e. The zero-order valence-corrected chi connectivity index (χ0v) is 19.9. The van der Waals surface area contributed by atoms with Crippen LogP contribution in [0.2, 0.25) is 0 Å². The van der Waals surface area contributed by atoms with Gasteiger partial charge in [0.15, 0.2) is 0 Å². The summed E-state index contributed by atoms with van der Waals surface area (Å²) in [7, 11) is 0. The van der Waals surface area contributed by atoms with Crippen molar-refractivity contribution in [1.82, 2.24) is 21.3 Å². The van der Waals surface area contributed by atoms with Gasteiger partial charge in [-0.3, -0.25) is 19.7 Å². The van der Waals surface area contributed by atoms with Gasteiger partial charge in [0, 0.05) is 18.8 Å². The SMILES string of the molecule is C=C(C)NCCCC(O)NC(CCCCN)C(=O)NC(C)C(=O)NCC.CC.O=CO. The van der Waals surface area contributed by atoms with Crippen LogP contribution >= 0.6 is 0 Å². The molecule has 3 atom stereocenters. The van der Waals surface area contributed by atoms with Crippen LogP contribution in [0.4, 0.5) is 0 Å². The fraction of sp³-hybridized carbons (Fsp3) is 0.762. The van der Waals surface area contributed by atoms with Crippen molar-refractivity contribution in [3.63, 3.8) is 0 Å². The van der Waals surface area contributed by atoms with Crippen molar-refractivity contribution in [2.45, 2.75) is 85.0 Å². The van der Waals surface area contributed by atoms with E-state index in [0.717, 1.165) is 25.0 Å². The molecule has 0 saturated heterocycles. The molecule has 31 heavy (non-hydrogen) atoms. The van der Waals surface area contributed by atoms with E-state index in [1.165, 1.54) is 0 Å². The molecule has 0 heterocycles. The van der Waals surface area contributed by atoms with Gasteiger partial charge in [-0.2, -0.15) is 0 Å². The van der Waals surface area contributed by atoms with E-state index >= 15 is 0 Å². The maximum absolute atomic E-state index is 12.5. The van der Waals surface area contributed by atoms with Gasteiger partial charge in [0.2, 0.25) is 11.8 Å². The summed E-state index contributed by atoms with van der Waals surface area (Å²) in [5, 5.41) is 28.5. The number of allylic oxidation sites excluding steroid dienone is 1. The van der Waals surface area contributed by atoms with Crippen LogP contribution in [0, 0.1) is 0 Å². The maximum atomic E-state index is 12.5. The van der Waals surface area contributed by atoms with Gasteiger partial charge in [-0.05, 0) is 53.0 Å². The molecule has 0 aromatic heterocycles. The monoisotopic (exact) mass is 447 g/mol. The first kappa shape index (κ1) is 33.5. The lowest BCUT2D eigenvalue weighted by atomic mass is 10.1. The number of hydrogen-bond donors (Lipinski definition) is 7. The smallest absolute Gasteiger partial charge is 0.290 e. The van der Waals surface area contributed by atoms with Crippen molar-refractivity contribution in [2.75, 3.05) is 19.6 Å². The fourth-order valence-electron chi connectivity index (χ4n) is 2.40. The van der Waals surface area contributed by atoms with Crippen LogP contribution in [0.25, 0.3) is 0 Å². The van der Waals surface area contributed by atoms with Crippen LogP contribution in [0.1, 0.15) is 66.7 Å². The second-order valence-corrected chi connectivity index (χ2v) is 6.60. The number of carbonyl (C=O) groups is 3. The summed E-state index contributed by atoms with van der Waals surface area (Å²) in [5.41, 5.74) is 6.39. The largest absolute Gasteiger partial charge is 0.483 e. The predicted molar refractivity (Wildman–Crippen MR) is 124 cm³/mol. The van der Waals surface area contributed by atoms with E-state index in [1.807, 2.05) is 27.7 Å². The van der Waals surface area contributed by atoms with Gasteiger partial charge in [-0.1, -0.05) is 26.8 Å². The number of nitrogens with one attached hydrogen (secondary N) is 4. The Labute approximate surface area is 187 Å². The van der Waals surface area contributed by atoms with Gasteiger partial charge in [-0.25, -0.2) is 0 Å². The zero-order valence-electron chi connectivity index (χ0n) is 19.9. The Hall–Kier alpha value is -2.17. The normalized spacial score (nSPS) is 12.5. The van der Waals surface area contributed by atoms with Crippen molar-refractivity contribution < 1.29 is 24.6 Å². The average molecular weight is 448 g/mol. The number of rotatable bonds is 15. The second-order valence-electron chi connectivity index (χ2n) is 6.60. The number of likely N-dealkylation sites (N-methyl/N-ethyl adjacent to an activating group) is 1. The minimum absolute atomic E-state index is 0.229. The summed E-state index contributed by atoms with van der Waals surface area (Å²) in [6.07, 6.45) is 2.57. The van der Waals surface area contributed by atoms with Crippen LogP contribution in [-0.2, 0) is 14.4 Å². The molecule has 0 aliphatic carbocycles. The lowest BCUT2D eigenvalue weighted by Gasteiger charge is -2.24. The Balaban J connectivity index is -0.00000143. The highest BCUT2D eigenvalue weighted by atomic mass is 16.3. The molecule has 2 amide bonds. The quantitative estimate of drug-likeness (QED) is 0.109. The molecule has 0 bridgehead atoms.